The number of hydrogen-bond donors (Lipinski definition) is 2. The third kappa shape index (κ3) is 3.65. The molecule has 116 valence electrons. The second kappa shape index (κ2) is 6.18. The van der Waals surface area contributed by atoms with Gasteiger partial charge in [-0.3, -0.25) is 4.79 Å². The van der Waals surface area contributed by atoms with Crippen LogP contribution in [0.25, 0.3) is 0 Å². The van der Waals surface area contributed by atoms with E-state index in [1.807, 2.05) is 44.2 Å². The molecule has 21 heavy (non-hydrogen) atoms. The van der Waals surface area contributed by atoms with Gasteiger partial charge in [-0.05, 0) is 44.2 Å². The lowest BCUT2D eigenvalue weighted by Gasteiger charge is -2.40. The summed E-state index contributed by atoms with van der Waals surface area (Å²) in [6.45, 7) is 10.3. The molecule has 0 spiro atoms. The molecule has 1 aromatic carbocycles. The van der Waals surface area contributed by atoms with E-state index in [0.29, 0.717) is 12.6 Å². The van der Waals surface area contributed by atoms with Crippen LogP contribution < -0.4 is 10.6 Å². The fourth-order valence-electron chi connectivity index (χ4n) is 3.02. The third-order valence-electron chi connectivity index (χ3n) is 4.86. The molecule has 0 bridgehead atoms. The minimum atomic E-state index is -0.500. The van der Waals surface area contributed by atoms with E-state index in [2.05, 4.69) is 24.5 Å². The highest BCUT2D eigenvalue weighted by molar-refractivity contribution is 5.87. The molecule has 1 saturated heterocycles. The number of hydrogen-bond acceptors (Lipinski definition) is 2. The molecule has 0 aliphatic carbocycles. The van der Waals surface area contributed by atoms with Crippen molar-refractivity contribution in [2.24, 2.45) is 5.41 Å². The number of rotatable bonds is 4. The van der Waals surface area contributed by atoms with Crippen molar-refractivity contribution < 1.29 is 4.79 Å². The largest absolute Gasteiger partial charge is 0.354 e. The fourth-order valence-corrected chi connectivity index (χ4v) is 3.02. The molecular weight excluding hydrogens is 260 g/mol. The molecule has 3 heteroatoms. The molecule has 1 heterocycles. The zero-order valence-electron chi connectivity index (χ0n) is 13.7. The molecule has 2 N–H and O–H groups in total. The Balaban J connectivity index is 1.98. The molecule has 0 saturated carbocycles. The van der Waals surface area contributed by atoms with Gasteiger partial charge in [0.1, 0.15) is 0 Å². The quantitative estimate of drug-likeness (QED) is 0.894. The molecule has 1 atom stereocenters. The second-order valence-electron chi connectivity index (χ2n) is 7.30. The van der Waals surface area contributed by atoms with Crippen molar-refractivity contribution in [3.05, 3.63) is 35.9 Å². The van der Waals surface area contributed by atoms with Crippen molar-refractivity contribution in [2.45, 2.75) is 52.0 Å². The molecule has 3 nitrogen and oxygen atoms in total. The van der Waals surface area contributed by atoms with Crippen LogP contribution in [0.15, 0.2) is 30.3 Å². The number of carbonyl (C=O) groups excluding carboxylic acids is 1. The molecule has 0 aromatic heterocycles. The Bertz CT molecular complexity index is 479. The summed E-state index contributed by atoms with van der Waals surface area (Å²) < 4.78 is 0. The van der Waals surface area contributed by atoms with Crippen LogP contribution in [-0.2, 0) is 10.2 Å². The average molecular weight is 288 g/mol. The topological polar surface area (TPSA) is 41.1 Å². The van der Waals surface area contributed by atoms with Crippen LogP contribution in [0.5, 0.6) is 0 Å². The Morgan fingerprint density at radius 3 is 2.62 bits per heavy atom. The second-order valence-corrected chi connectivity index (χ2v) is 7.30. The van der Waals surface area contributed by atoms with Gasteiger partial charge in [0.05, 0.1) is 5.41 Å². The van der Waals surface area contributed by atoms with E-state index in [1.165, 1.54) is 12.8 Å². The number of carbonyl (C=O) groups is 1. The van der Waals surface area contributed by atoms with E-state index in [4.69, 9.17) is 0 Å². The summed E-state index contributed by atoms with van der Waals surface area (Å²) in [5, 5.41) is 6.69. The number of piperidine rings is 1. The maximum absolute atomic E-state index is 12.6. The van der Waals surface area contributed by atoms with Gasteiger partial charge >= 0.3 is 0 Å². The van der Waals surface area contributed by atoms with Gasteiger partial charge in [0.15, 0.2) is 0 Å². The zero-order valence-corrected chi connectivity index (χ0v) is 13.7. The summed E-state index contributed by atoms with van der Waals surface area (Å²) in [6.07, 6.45) is 2.43. The third-order valence-corrected chi connectivity index (χ3v) is 4.86. The van der Waals surface area contributed by atoms with E-state index >= 15 is 0 Å². The van der Waals surface area contributed by atoms with Gasteiger partial charge in [-0.2, -0.15) is 0 Å². The first-order chi connectivity index (χ1) is 9.84. The molecular formula is C18H28N2O. The van der Waals surface area contributed by atoms with Gasteiger partial charge < -0.3 is 10.6 Å². The molecule has 2 rings (SSSR count). The maximum atomic E-state index is 12.6. The Morgan fingerprint density at radius 2 is 2.00 bits per heavy atom. The number of benzene rings is 1. The highest BCUT2D eigenvalue weighted by Crippen LogP contribution is 2.30. The van der Waals surface area contributed by atoms with Crippen molar-refractivity contribution in [3.63, 3.8) is 0 Å². The minimum absolute atomic E-state index is 0.0943. The lowest BCUT2D eigenvalue weighted by Crippen LogP contribution is -2.54. The van der Waals surface area contributed by atoms with Gasteiger partial charge in [0, 0.05) is 12.6 Å². The molecule has 1 aromatic rings. The predicted molar refractivity (Wildman–Crippen MR) is 87.3 cm³/mol. The lowest BCUT2D eigenvalue weighted by molar-refractivity contribution is -0.125. The van der Waals surface area contributed by atoms with Crippen LogP contribution in [0.2, 0.25) is 0 Å². The molecule has 1 unspecified atom stereocenters. The number of nitrogens with one attached hydrogen (secondary N) is 2. The summed E-state index contributed by atoms with van der Waals surface area (Å²) in [7, 11) is 0. The Hall–Kier alpha value is -1.35. The first-order valence-corrected chi connectivity index (χ1v) is 7.91. The Kier molecular flexibility index (Phi) is 4.72. The maximum Gasteiger partial charge on any atom is 0.230 e. The van der Waals surface area contributed by atoms with Crippen molar-refractivity contribution in [1.29, 1.82) is 0 Å². The van der Waals surface area contributed by atoms with Gasteiger partial charge in [0.25, 0.3) is 0 Å². The molecule has 0 radical (unpaired) electrons. The molecule has 1 aliphatic rings. The summed E-state index contributed by atoms with van der Waals surface area (Å²) in [4.78, 5) is 12.6. The van der Waals surface area contributed by atoms with E-state index in [0.717, 1.165) is 12.1 Å². The van der Waals surface area contributed by atoms with Gasteiger partial charge in [-0.1, -0.05) is 44.2 Å². The van der Waals surface area contributed by atoms with Crippen molar-refractivity contribution >= 4 is 5.91 Å². The van der Waals surface area contributed by atoms with Crippen LogP contribution in [0.4, 0.5) is 0 Å². The van der Waals surface area contributed by atoms with Crippen LogP contribution in [0.1, 0.15) is 46.1 Å². The van der Waals surface area contributed by atoms with E-state index < -0.39 is 5.41 Å². The van der Waals surface area contributed by atoms with Gasteiger partial charge in [-0.25, -0.2) is 0 Å². The standard InChI is InChI=1S/C18H28N2O/c1-17(2)11-8-12-19-15(17)13-20-16(21)18(3,4)14-9-6-5-7-10-14/h5-7,9-10,15,19H,8,11-13H2,1-4H3,(H,20,21). The van der Waals surface area contributed by atoms with Crippen LogP contribution in [0.3, 0.4) is 0 Å². The van der Waals surface area contributed by atoms with Gasteiger partial charge in [-0.15, -0.1) is 0 Å². The molecule has 1 amide bonds. The van der Waals surface area contributed by atoms with E-state index in [-0.39, 0.29) is 11.3 Å². The summed E-state index contributed by atoms with van der Waals surface area (Å²) in [6, 6.07) is 10.3. The average Bonchev–Trinajstić information content (AvgIpc) is 2.46. The van der Waals surface area contributed by atoms with Crippen molar-refractivity contribution in [1.82, 2.24) is 10.6 Å². The first-order valence-electron chi connectivity index (χ1n) is 7.91. The van der Waals surface area contributed by atoms with Crippen molar-refractivity contribution in [2.75, 3.05) is 13.1 Å². The SMILES string of the molecule is CC(C)(C(=O)NCC1NCCCC1(C)C)c1ccccc1. The van der Waals surface area contributed by atoms with Gasteiger partial charge in [0.2, 0.25) is 5.91 Å². The smallest absolute Gasteiger partial charge is 0.230 e. The normalized spacial score (nSPS) is 21.8. The highest BCUT2D eigenvalue weighted by atomic mass is 16.2. The van der Waals surface area contributed by atoms with Crippen LogP contribution in [-0.4, -0.2) is 25.0 Å². The monoisotopic (exact) mass is 288 g/mol. The van der Waals surface area contributed by atoms with Crippen molar-refractivity contribution in [3.8, 4) is 0 Å². The Labute approximate surface area is 128 Å². The van der Waals surface area contributed by atoms with Crippen LogP contribution in [0, 0.1) is 5.41 Å². The minimum Gasteiger partial charge on any atom is -0.354 e. The highest BCUT2D eigenvalue weighted by Gasteiger charge is 2.34. The lowest BCUT2D eigenvalue weighted by atomic mass is 9.77. The first kappa shape index (κ1) is 16.0. The molecule has 1 fully saturated rings. The fraction of sp³-hybridized carbons (Fsp3) is 0.611. The molecule has 1 aliphatic heterocycles. The van der Waals surface area contributed by atoms with E-state index in [9.17, 15) is 4.79 Å². The summed E-state index contributed by atoms with van der Waals surface area (Å²) >= 11 is 0. The Morgan fingerprint density at radius 1 is 1.33 bits per heavy atom. The van der Waals surface area contributed by atoms with E-state index in [1.54, 1.807) is 0 Å². The number of amides is 1. The summed E-state index contributed by atoms with van der Waals surface area (Å²) in [5.74, 6) is 0.0943. The van der Waals surface area contributed by atoms with Crippen LogP contribution >= 0.6 is 0 Å². The zero-order chi connectivity index (χ0) is 15.5. The predicted octanol–water partition coefficient (Wildman–Crippen LogP) is 2.86. The summed E-state index contributed by atoms with van der Waals surface area (Å²) in [5.41, 5.74) is 0.793.